The van der Waals surface area contributed by atoms with E-state index in [0.29, 0.717) is 12.3 Å². The summed E-state index contributed by atoms with van der Waals surface area (Å²) in [4.78, 5) is 22.8. The Kier molecular flexibility index (Phi) is 3.35. The van der Waals surface area contributed by atoms with Gasteiger partial charge in [-0.15, -0.1) is 0 Å². The Morgan fingerprint density at radius 2 is 2.22 bits per heavy atom. The molecule has 0 heterocycles. The van der Waals surface area contributed by atoms with Crippen LogP contribution in [0.3, 0.4) is 0 Å². The number of hydrogen-bond donors (Lipinski definition) is 1. The first-order valence-electron chi connectivity index (χ1n) is 6.81. The monoisotopic (exact) mass is 250 g/mol. The van der Waals surface area contributed by atoms with E-state index in [1.807, 2.05) is 13.0 Å². The summed E-state index contributed by atoms with van der Waals surface area (Å²) in [7, 11) is 0. The molecule has 0 aromatic carbocycles. The van der Waals surface area contributed by atoms with Gasteiger partial charge in [-0.2, -0.15) is 0 Å². The Hall–Kier alpha value is -1.12. The maximum Gasteiger partial charge on any atom is 0.306 e. The van der Waals surface area contributed by atoms with E-state index in [-0.39, 0.29) is 23.0 Å². The minimum absolute atomic E-state index is 0.0283. The van der Waals surface area contributed by atoms with Crippen LogP contribution >= 0.6 is 0 Å². The third kappa shape index (κ3) is 2.11. The fourth-order valence-corrected chi connectivity index (χ4v) is 3.57. The number of aliphatic carboxylic acids is 1. The van der Waals surface area contributed by atoms with E-state index in [1.165, 1.54) is 5.57 Å². The molecule has 1 fully saturated rings. The number of hydrogen-bond acceptors (Lipinski definition) is 2. The maximum atomic E-state index is 11.6. The molecule has 100 valence electrons. The number of carbonyl (C=O) groups excluding carboxylic acids is 1. The first kappa shape index (κ1) is 13.3. The van der Waals surface area contributed by atoms with Crippen LogP contribution in [0.2, 0.25) is 0 Å². The topological polar surface area (TPSA) is 54.4 Å². The fraction of sp³-hybridized carbons (Fsp3) is 0.733. The lowest BCUT2D eigenvalue weighted by Crippen LogP contribution is -2.40. The van der Waals surface area contributed by atoms with Crippen molar-refractivity contribution in [3.63, 3.8) is 0 Å². The molecule has 2 rings (SSSR count). The van der Waals surface area contributed by atoms with Gasteiger partial charge in [0.2, 0.25) is 0 Å². The molecule has 3 heteroatoms. The molecule has 0 saturated heterocycles. The summed E-state index contributed by atoms with van der Waals surface area (Å²) in [5, 5.41) is 9.15. The molecule has 0 radical (unpaired) electrons. The van der Waals surface area contributed by atoms with Crippen molar-refractivity contribution in [2.45, 2.75) is 46.5 Å². The SMILES string of the molecule is C[C@H](C(=O)O)[C@@H]1CCC2=CC(=O)C[C@H](C)[C@@]2(C)C1. The van der Waals surface area contributed by atoms with Crippen LogP contribution in [0.25, 0.3) is 0 Å². The van der Waals surface area contributed by atoms with Crippen molar-refractivity contribution >= 4 is 11.8 Å². The Morgan fingerprint density at radius 1 is 1.56 bits per heavy atom. The van der Waals surface area contributed by atoms with Crippen LogP contribution in [0.4, 0.5) is 0 Å². The van der Waals surface area contributed by atoms with E-state index >= 15 is 0 Å². The van der Waals surface area contributed by atoms with Crippen molar-refractivity contribution in [1.29, 1.82) is 0 Å². The summed E-state index contributed by atoms with van der Waals surface area (Å²) in [6.45, 7) is 6.14. The first-order chi connectivity index (χ1) is 8.34. The van der Waals surface area contributed by atoms with Gasteiger partial charge in [0.05, 0.1) is 5.92 Å². The number of carboxylic acid groups (broad SMARTS) is 1. The van der Waals surface area contributed by atoms with Crippen molar-refractivity contribution in [1.82, 2.24) is 0 Å². The quantitative estimate of drug-likeness (QED) is 0.819. The molecule has 0 unspecified atom stereocenters. The number of carboxylic acids is 1. The van der Waals surface area contributed by atoms with Crippen LogP contribution < -0.4 is 0 Å². The second kappa shape index (κ2) is 4.52. The van der Waals surface area contributed by atoms with Crippen LogP contribution in [0.5, 0.6) is 0 Å². The molecule has 2 aliphatic carbocycles. The highest BCUT2D eigenvalue weighted by Gasteiger charge is 2.45. The Morgan fingerprint density at radius 3 is 2.83 bits per heavy atom. The number of allylic oxidation sites excluding steroid dienone is 2. The van der Waals surface area contributed by atoms with E-state index in [9.17, 15) is 9.59 Å². The molecule has 2 aliphatic rings. The van der Waals surface area contributed by atoms with Crippen LogP contribution in [0.15, 0.2) is 11.6 Å². The Labute approximate surface area is 108 Å². The summed E-state index contributed by atoms with van der Waals surface area (Å²) < 4.78 is 0. The summed E-state index contributed by atoms with van der Waals surface area (Å²) in [5.74, 6) is -0.183. The van der Waals surface area contributed by atoms with Gasteiger partial charge in [0.1, 0.15) is 0 Å². The largest absolute Gasteiger partial charge is 0.481 e. The average molecular weight is 250 g/mol. The van der Waals surface area contributed by atoms with Crippen molar-refractivity contribution in [3.8, 4) is 0 Å². The van der Waals surface area contributed by atoms with Gasteiger partial charge in [0, 0.05) is 6.42 Å². The van der Waals surface area contributed by atoms with E-state index in [2.05, 4.69) is 13.8 Å². The molecule has 0 aliphatic heterocycles. The standard InChI is InChI=1S/C15H22O3/c1-9-6-13(16)7-12-5-4-11(8-15(9,12)3)10(2)14(17)18/h7,9-11H,4-6,8H2,1-3H3,(H,17,18)/t9-,10-,11+,15+/m0/s1. The van der Waals surface area contributed by atoms with Gasteiger partial charge in [-0.05, 0) is 42.6 Å². The number of rotatable bonds is 2. The zero-order chi connectivity index (χ0) is 13.5. The van der Waals surface area contributed by atoms with Crippen LogP contribution in [0.1, 0.15) is 46.5 Å². The molecule has 0 aromatic heterocycles. The lowest BCUT2D eigenvalue weighted by molar-refractivity contribution is -0.144. The van der Waals surface area contributed by atoms with Gasteiger partial charge in [0.25, 0.3) is 0 Å². The van der Waals surface area contributed by atoms with Crippen molar-refractivity contribution in [3.05, 3.63) is 11.6 Å². The molecule has 1 saturated carbocycles. The van der Waals surface area contributed by atoms with Crippen molar-refractivity contribution in [2.24, 2.45) is 23.2 Å². The smallest absolute Gasteiger partial charge is 0.306 e. The second-order valence-corrected chi connectivity index (χ2v) is 6.29. The van der Waals surface area contributed by atoms with Crippen LogP contribution in [-0.4, -0.2) is 16.9 Å². The molecule has 3 nitrogen and oxygen atoms in total. The zero-order valence-electron chi connectivity index (χ0n) is 11.4. The van der Waals surface area contributed by atoms with E-state index < -0.39 is 5.97 Å². The summed E-state index contributed by atoms with van der Waals surface area (Å²) in [5.41, 5.74) is 1.28. The first-order valence-corrected chi connectivity index (χ1v) is 6.81. The lowest BCUT2D eigenvalue weighted by Gasteiger charge is -2.47. The third-order valence-electron chi connectivity index (χ3n) is 5.23. The predicted molar refractivity (Wildman–Crippen MR) is 69.1 cm³/mol. The van der Waals surface area contributed by atoms with Gasteiger partial charge < -0.3 is 5.11 Å². The maximum absolute atomic E-state index is 11.6. The van der Waals surface area contributed by atoms with E-state index in [1.54, 1.807) is 0 Å². The molecular weight excluding hydrogens is 228 g/mol. The van der Waals surface area contributed by atoms with Gasteiger partial charge in [0.15, 0.2) is 5.78 Å². The lowest BCUT2D eigenvalue weighted by atomic mass is 9.57. The molecule has 0 spiro atoms. The van der Waals surface area contributed by atoms with Gasteiger partial charge in [-0.25, -0.2) is 0 Å². The highest BCUT2D eigenvalue weighted by atomic mass is 16.4. The molecule has 0 bridgehead atoms. The van der Waals surface area contributed by atoms with Gasteiger partial charge in [-0.1, -0.05) is 26.3 Å². The van der Waals surface area contributed by atoms with E-state index in [0.717, 1.165) is 19.3 Å². The van der Waals surface area contributed by atoms with Gasteiger partial charge in [-0.3, -0.25) is 9.59 Å². The molecular formula is C15H22O3. The van der Waals surface area contributed by atoms with Crippen molar-refractivity contribution in [2.75, 3.05) is 0 Å². The van der Waals surface area contributed by atoms with Crippen LogP contribution in [0, 0.1) is 23.2 Å². The highest BCUT2D eigenvalue weighted by molar-refractivity contribution is 5.92. The highest BCUT2D eigenvalue weighted by Crippen LogP contribution is 2.52. The summed E-state index contributed by atoms with van der Waals surface area (Å²) in [6.07, 6.45) is 5.11. The minimum Gasteiger partial charge on any atom is -0.481 e. The minimum atomic E-state index is -0.699. The number of ketones is 1. The molecule has 18 heavy (non-hydrogen) atoms. The zero-order valence-corrected chi connectivity index (χ0v) is 11.4. The third-order valence-corrected chi connectivity index (χ3v) is 5.23. The summed E-state index contributed by atoms with van der Waals surface area (Å²) in [6, 6.07) is 0. The Bertz CT molecular complexity index is 410. The molecule has 0 aromatic rings. The number of carbonyl (C=O) groups is 2. The van der Waals surface area contributed by atoms with Gasteiger partial charge >= 0.3 is 5.97 Å². The van der Waals surface area contributed by atoms with Crippen LogP contribution in [-0.2, 0) is 9.59 Å². The predicted octanol–water partition coefficient (Wildman–Crippen LogP) is 3.05. The molecule has 1 N–H and O–H groups in total. The summed E-state index contributed by atoms with van der Waals surface area (Å²) >= 11 is 0. The average Bonchev–Trinajstić information content (AvgIpc) is 2.29. The van der Waals surface area contributed by atoms with E-state index in [4.69, 9.17) is 5.11 Å². The Balaban J connectivity index is 2.23. The molecule has 0 amide bonds. The van der Waals surface area contributed by atoms with Crippen molar-refractivity contribution < 1.29 is 14.7 Å². The normalized spacial score (nSPS) is 37.7. The second-order valence-electron chi connectivity index (χ2n) is 6.29. The number of fused-ring (bicyclic) bond motifs is 1. The molecule has 4 atom stereocenters. The fourth-order valence-electron chi connectivity index (χ4n) is 3.57.